The smallest absolute Gasteiger partial charge is 0.116 e. The Kier molecular flexibility index (Phi) is 3.55. The summed E-state index contributed by atoms with van der Waals surface area (Å²) < 4.78 is 2.86. The summed E-state index contributed by atoms with van der Waals surface area (Å²) in [5.74, 6) is 0. The molecular weight excluding hydrogens is 326 g/mol. The molecule has 0 bridgehead atoms. The molecule has 2 N–H and O–H groups in total. The van der Waals surface area contributed by atoms with Crippen molar-refractivity contribution in [1.82, 2.24) is 9.78 Å². The lowest BCUT2D eigenvalue weighted by Crippen LogP contribution is -1.95. The van der Waals surface area contributed by atoms with E-state index in [1.165, 1.54) is 11.1 Å². The standard InChI is InChI=1S/C17H16BrN3/c1-11-3-8-15(12(2)9-11)17-16(19)10-21(20-17)14-6-4-13(18)5-7-14/h3-10H,19H2,1-2H3. The fourth-order valence-electron chi connectivity index (χ4n) is 2.40. The molecule has 4 heteroatoms. The Labute approximate surface area is 132 Å². The first kappa shape index (κ1) is 13.9. The SMILES string of the molecule is Cc1ccc(-c2nn(-c3ccc(Br)cc3)cc2N)c(C)c1. The summed E-state index contributed by atoms with van der Waals surface area (Å²) in [5, 5.41) is 4.65. The van der Waals surface area contributed by atoms with E-state index in [1.54, 1.807) is 0 Å². The van der Waals surface area contributed by atoms with Crippen LogP contribution in [0, 0.1) is 13.8 Å². The molecular formula is C17H16BrN3. The van der Waals surface area contributed by atoms with Crippen LogP contribution in [-0.4, -0.2) is 9.78 Å². The first-order chi connectivity index (χ1) is 10.0. The van der Waals surface area contributed by atoms with Crippen molar-refractivity contribution < 1.29 is 0 Å². The van der Waals surface area contributed by atoms with E-state index in [0.717, 1.165) is 21.4 Å². The molecule has 0 atom stereocenters. The quantitative estimate of drug-likeness (QED) is 0.745. The van der Waals surface area contributed by atoms with Gasteiger partial charge in [-0.2, -0.15) is 5.10 Å². The van der Waals surface area contributed by atoms with Crippen LogP contribution in [0.5, 0.6) is 0 Å². The third kappa shape index (κ3) is 2.72. The average molecular weight is 342 g/mol. The summed E-state index contributed by atoms with van der Waals surface area (Å²) in [6.07, 6.45) is 1.86. The number of aromatic nitrogens is 2. The van der Waals surface area contributed by atoms with Crippen LogP contribution in [0.3, 0.4) is 0 Å². The number of halogens is 1. The Morgan fingerprint density at radius 1 is 1.05 bits per heavy atom. The van der Waals surface area contributed by atoms with Crippen LogP contribution >= 0.6 is 15.9 Å². The van der Waals surface area contributed by atoms with Crippen LogP contribution in [0.1, 0.15) is 11.1 Å². The van der Waals surface area contributed by atoms with Crippen molar-refractivity contribution in [3.05, 3.63) is 64.3 Å². The van der Waals surface area contributed by atoms with Crippen LogP contribution in [0.15, 0.2) is 53.1 Å². The fraction of sp³-hybridized carbons (Fsp3) is 0.118. The van der Waals surface area contributed by atoms with Crippen molar-refractivity contribution in [2.24, 2.45) is 0 Å². The van der Waals surface area contributed by atoms with Gasteiger partial charge in [0.2, 0.25) is 0 Å². The molecule has 3 rings (SSSR count). The van der Waals surface area contributed by atoms with E-state index in [1.807, 2.05) is 35.1 Å². The topological polar surface area (TPSA) is 43.8 Å². The molecule has 0 radical (unpaired) electrons. The highest BCUT2D eigenvalue weighted by atomic mass is 79.9. The molecule has 0 aliphatic carbocycles. The second-order valence-electron chi connectivity index (χ2n) is 5.17. The maximum absolute atomic E-state index is 6.15. The lowest BCUT2D eigenvalue weighted by Gasteiger charge is -2.05. The first-order valence-electron chi connectivity index (χ1n) is 6.73. The number of hydrogen-bond donors (Lipinski definition) is 1. The van der Waals surface area contributed by atoms with Crippen LogP contribution in [-0.2, 0) is 0 Å². The maximum Gasteiger partial charge on any atom is 0.116 e. The van der Waals surface area contributed by atoms with E-state index in [0.29, 0.717) is 5.69 Å². The number of aryl methyl sites for hydroxylation is 2. The zero-order valence-corrected chi connectivity index (χ0v) is 13.6. The van der Waals surface area contributed by atoms with Crippen LogP contribution < -0.4 is 5.73 Å². The van der Waals surface area contributed by atoms with E-state index in [9.17, 15) is 0 Å². The fourth-order valence-corrected chi connectivity index (χ4v) is 2.67. The number of nitrogens with two attached hydrogens (primary N) is 1. The van der Waals surface area contributed by atoms with Crippen molar-refractivity contribution in [3.8, 4) is 16.9 Å². The Morgan fingerprint density at radius 3 is 2.43 bits per heavy atom. The zero-order valence-electron chi connectivity index (χ0n) is 12.0. The molecule has 0 saturated heterocycles. The Bertz CT molecular complexity index is 788. The van der Waals surface area contributed by atoms with Gasteiger partial charge in [-0.3, -0.25) is 0 Å². The van der Waals surface area contributed by atoms with Gasteiger partial charge in [-0.15, -0.1) is 0 Å². The lowest BCUT2D eigenvalue weighted by molar-refractivity contribution is 0.884. The number of hydrogen-bond acceptors (Lipinski definition) is 2. The van der Waals surface area contributed by atoms with E-state index < -0.39 is 0 Å². The minimum atomic E-state index is 0.685. The van der Waals surface area contributed by atoms with Gasteiger partial charge in [-0.05, 0) is 43.7 Å². The second kappa shape index (κ2) is 5.37. The number of nitrogens with zero attached hydrogens (tertiary/aromatic N) is 2. The molecule has 0 amide bonds. The highest BCUT2D eigenvalue weighted by molar-refractivity contribution is 9.10. The van der Waals surface area contributed by atoms with Gasteiger partial charge >= 0.3 is 0 Å². The van der Waals surface area contributed by atoms with E-state index in [2.05, 4.69) is 53.1 Å². The van der Waals surface area contributed by atoms with Crippen molar-refractivity contribution in [2.75, 3.05) is 5.73 Å². The third-order valence-electron chi connectivity index (χ3n) is 3.47. The van der Waals surface area contributed by atoms with Gasteiger partial charge < -0.3 is 5.73 Å². The van der Waals surface area contributed by atoms with Crippen molar-refractivity contribution in [3.63, 3.8) is 0 Å². The monoisotopic (exact) mass is 341 g/mol. The minimum Gasteiger partial charge on any atom is -0.396 e. The second-order valence-corrected chi connectivity index (χ2v) is 6.09. The summed E-state index contributed by atoms with van der Waals surface area (Å²) in [6, 6.07) is 14.3. The van der Waals surface area contributed by atoms with Gasteiger partial charge in [0, 0.05) is 10.0 Å². The van der Waals surface area contributed by atoms with Crippen molar-refractivity contribution >= 4 is 21.6 Å². The molecule has 106 valence electrons. The van der Waals surface area contributed by atoms with Gasteiger partial charge in [0.05, 0.1) is 17.6 Å². The molecule has 0 spiro atoms. The first-order valence-corrected chi connectivity index (χ1v) is 7.52. The minimum absolute atomic E-state index is 0.685. The molecule has 3 aromatic rings. The maximum atomic E-state index is 6.15. The van der Waals surface area contributed by atoms with E-state index in [-0.39, 0.29) is 0 Å². The third-order valence-corrected chi connectivity index (χ3v) is 4.00. The Hall–Kier alpha value is -2.07. The molecule has 0 fully saturated rings. The Morgan fingerprint density at radius 2 is 1.76 bits per heavy atom. The molecule has 1 heterocycles. The normalized spacial score (nSPS) is 10.8. The van der Waals surface area contributed by atoms with Crippen molar-refractivity contribution in [2.45, 2.75) is 13.8 Å². The Balaban J connectivity index is 2.07. The van der Waals surface area contributed by atoms with Crippen LogP contribution in [0.4, 0.5) is 5.69 Å². The average Bonchev–Trinajstić information content (AvgIpc) is 2.81. The van der Waals surface area contributed by atoms with Gasteiger partial charge in [-0.25, -0.2) is 4.68 Å². The number of anilines is 1. The molecule has 0 aliphatic heterocycles. The molecule has 21 heavy (non-hydrogen) atoms. The predicted molar refractivity (Wildman–Crippen MR) is 90.6 cm³/mol. The predicted octanol–water partition coefficient (Wildman–Crippen LogP) is 4.50. The van der Waals surface area contributed by atoms with Gasteiger partial charge in [0.25, 0.3) is 0 Å². The molecule has 3 nitrogen and oxygen atoms in total. The molecule has 0 saturated carbocycles. The van der Waals surface area contributed by atoms with Crippen LogP contribution in [0.25, 0.3) is 16.9 Å². The zero-order chi connectivity index (χ0) is 15.0. The van der Waals surface area contributed by atoms with E-state index in [4.69, 9.17) is 5.73 Å². The van der Waals surface area contributed by atoms with E-state index >= 15 is 0 Å². The molecule has 0 aliphatic rings. The summed E-state index contributed by atoms with van der Waals surface area (Å²) in [6.45, 7) is 4.17. The number of nitrogen functional groups attached to an aromatic ring is 1. The molecule has 0 unspecified atom stereocenters. The van der Waals surface area contributed by atoms with Gasteiger partial charge in [0.1, 0.15) is 5.69 Å². The molecule has 2 aromatic carbocycles. The van der Waals surface area contributed by atoms with Gasteiger partial charge in [-0.1, -0.05) is 39.7 Å². The largest absolute Gasteiger partial charge is 0.396 e. The summed E-state index contributed by atoms with van der Waals surface area (Å²) >= 11 is 3.44. The highest BCUT2D eigenvalue weighted by Crippen LogP contribution is 2.29. The van der Waals surface area contributed by atoms with Crippen molar-refractivity contribution in [1.29, 1.82) is 0 Å². The highest BCUT2D eigenvalue weighted by Gasteiger charge is 2.11. The lowest BCUT2D eigenvalue weighted by atomic mass is 10.0. The summed E-state index contributed by atoms with van der Waals surface area (Å²) in [7, 11) is 0. The number of benzene rings is 2. The number of rotatable bonds is 2. The summed E-state index contributed by atoms with van der Waals surface area (Å²) in [4.78, 5) is 0. The van der Waals surface area contributed by atoms with Gasteiger partial charge in [0.15, 0.2) is 0 Å². The van der Waals surface area contributed by atoms with Crippen LogP contribution in [0.2, 0.25) is 0 Å². The molecule has 1 aromatic heterocycles. The summed E-state index contributed by atoms with van der Waals surface area (Å²) in [5.41, 5.74) is 12.2.